The number of thiazole rings is 1. The Bertz CT molecular complexity index is 490. The number of nitrogens with zero attached hydrogens (tertiary/aromatic N) is 1. The minimum Gasteiger partial charge on any atom is -0.481 e. The van der Waals surface area contributed by atoms with Crippen molar-refractivity contribution in [2.75, 3.05) is 5.32 Å². The number of hydrogen-bond donors (Lipinski definition) is 2. The topological polar surface area (TPSA) is 79.3 Å². The first-order valence-corrected chi connectivity index (χ1v) is 7.85. The van der Waals surface area contributed by atoms with Gasteiger partial charge in [0, 0.05) is 11.8 Å². The predicted molar refractivity (Wildman–Crippen MR) is 77.9 cm³/mol. The molecule has 1 aromatic rings. The second-order valence-electron chi connectivity index (χ2n) is 5.52. The van der Waals surface area contributed by atoms with E-state index >= 15 is 0 Å². The van der Waals surface area contributed by atoms with Crippen molar-refractivity contribution in [2.24, 2.45) is 5.41 Å². The largest absolute Gasteiger partial charge is 0.481 e. The van der Waals surface area contributed by atoms with Gasteiger partial charge in [-0.05, 0) is 19.8 Å². The fourth-order valence-corrected chi connectivity index (χ4v) is 3.46. The van der Waals surface area contributed by atoms with Crippen LogP contribution in [0.3, 0.4) is 0 Å². The van der Waals surface area contributed by atoms with Gasteiger partial charge in [-0.25, -0.2) is 4.98 Å². The summed E-state index contributed by atoms with van der Waals surface area (Å²) in [5.74, 6) is -1.09. The highest BCUT2D eigenvalue weighted by Crippen LogP contribution is 2.38. The molecule has 0 unspecified atom stereocenters. The number of anilines is 1. The third-order valence-electron chi connectivity index (χ3n) is 3.88. The third kappa shape index (κ3) is 3.56. The van der Waals surface area contributed by atoms with Crippen LogP contribution in [0.5, 0.6) is 0 Å². The quantitative estimate of drug-likeness (QED) is 0.836. The maximum absolute atomic E-state index is 12.1. The normalized spacial score (nSPS) is 18.2. The SMILES string of the molecule is Cc1csc(NC(=O)CC2(C(=O)O)CCCCCC2)n1. The highest BCUT2D eigenvalue weighted by molar-refractivity contribution is 7.13. The molecule has 20 heavy (non-hydrogen) atoms. The molecule has 0 aromatic carbocycles. The molecule has 1 saturated carbocycles. The summed E-state index contributed by atoms with van der Waals surface area (Å²) in [4.78, 5) is 27.9. The molecule has 5 nitrogen and oxygen atoms in total. The zero-order chi connectivity index (χ0) is 14.6. The van der Waals surface area contributed by atoms with Gasteiger partial charge < -0.3 is 10.4 Å². The number of amides is 1. The molecular weight excluding hydrogens is 276 g/mol. The number of hydrogen-bond acceptors (Lipinski definition) is 4. The molecule has 0 aliphatic heterocycles. The van der Waals surface area contributed by atoms with Crippen LogP contribution in [-0.2, 0) is 9.59 Å². The molecule has 0 bridgehead atoms. The van der Waals surface area contributed by atoms with Crippen LogP contribution < -0.4 is 5.32 Å². The molecule has 1 aliphatic rings. The van der Waals surface area contributed by atoms with Crippen molar-refractivity contribution in [3.63, 3.8) is 0 Å². The van der Waals surface area contributed by atoms with Crippen LogP contribution in [0.15, 0.2) is 5.38 Å². The summed E-state index contributed by atoms with van der Waals surface area (Å²) in [6.45, 7) is 1.86. The fourth-order valence-electron chi connectivity index (χ4n) is 2.75. The van der Waals surface area contributed by atoms with E-state index in [0.717, 1.165) is 31.4 Å². The molecule has 0 spiro atoms. The van der Waals surface area contributed by atoms with Gasteiger partial charge in [-0.1, -0.05) is 25.7 Å². The Hall–Kier alpha value is -1.43. The number of carboxylic acids is 1. The minimum absolute atomic E-state index is 0.0426. The van der Waals surface area contributed by atoms with E-state index in [1.165, 1.54) is 11.3 Å². The molecule has 2 rings (SSSR count). The third-order valence-corrected chi connectivity index (χ3v) is 4.75. The molecule has 0 saturated heterocycles. The van der Waals surface area contributed by atoms with Gasteiger partial charge in [-0.3, -0.25) is 9.59 Å². The first kappa shape index (κ1) is 15.0. The molecule has 1 aliphatic carbocycles. The van der Waals surface area contributed by atoms with Gasteiger partial charge in [-0.2, -0.15) is 0 Å². The Balaban J connectivity index is 2.03. The smallest absolute Gasteiger partial charge is 0.310 e. The lowest BCUT2D eigenvalue weighted by Crippen LogP contribution is -2.35. The number of nitrogens with one attached hydrogen (secondary N) is 1. The summed E-state index contributed by atoms with van der Waals surface area (Å²) in [7, 11) is 0. The Kier molecular flexibility index (Phi) is 4.75. The predicted octanol–water partition coefficient (Wildman–Crippen LogP) is 3.21. The van der Waals surface area contributed by atoms with Crippen molar-refractivity contribution in [1.29, 1.82) is 0 Å². The second kappa shape index (κ2) is 6.35. The highest BCUT2D eigenvalue weighted by Gasteiger charge is 2.40. The summed E-state index contributed by atoms with van der Waals surface area (Å²) in [6, 6.07) is 0. The first-order chi connectivity index (χ1) is 9.52. The average Bonchev–Trinajstić information content (AvgIpc) is 2.64. The highest BCUT2D eigenvalue weighted by atomic mass is 32.1. The van der Waals surface area contributed by atoms with E-state index in [4.69, 9.17) is 0 Å². The molecule has 6 heteroatoms. The van der Waals surface area contributed by atoms with E-state index in [-0.39, 0.29) is 12.3 Å². The van der Waals surface area contributed by atoms with Crippen LogP contribution in [0.25, 0.3) is 0 Å². The van der Waals surface area contributed by atoms with Crippen molar-refractivity contribution in [2.45, 2.75) is 51.9 Å². The zero-order valence-electron chi connectivity index (χ0n) is 11.6. The first-order valence-electron chi connectivity index (χ1n) is 6.97. The van der Waals surface area contributed by atoms with E-state index in [1.807, 2.05) is 12.3 Å². The molecule has 2 N–H and O–H groups in total. The standard InChI is InChI=1S/C14H20N2O3S/c1-10-9-20-13(15-10)16-11(17)8-14(12(18)19)6-4-2-3-5-7-14/h9H,2-8H2,1H3,(H,18,19)(H,15,16,17). The lowest BCUT2D eigenvalue weighted by molar-refractivity contribution is -0.152. The Morgan fingerprint density at radius 2 is 2.00 bits per heavy atom. The van der Waals surface area contributed by atoms with E-state index in [1.54, 1.807) is 0 Å². The van der Waals surface area contributed by atoms with E-state index in [2.05, 4.69) is 10.3 Å². The van der Waals surface area contributed by atoms with Crippen molar-refractivity contribution in [1.82, 2.24) is 4.98 Å². The lowest BCUT2D eigenvalue weighted by Gasteiger charge is -2.27. The number of aromatic nitrogens is 1. The van der Waals surface area contributed by atoms with Crippen molar-refractivity contribution >= 4 is 28.3 Å². The summed E-state index contributed by atoms with van der Waals surface area (Å²) in [5.41, 5.74) is -0.0416. The summed E-state index contributed by atoms with van der Waals surface area (Å²) in [6.07, 6.45) is 5.11. The van der Waals surface area contributed by atoms with Crippen LogP contribution in [0.2, 0.25) is 0 Å². The van der Waals surface area contributed by atoms with Gasteiger partial charge in [0.2, 0.25) is 5.91 Å². The second-order valence-corrected chi connectivity index (χ2v) is 6.38. The minimum atomic E-state index is -0.896. The Labute approximate surface area is 122 Å². The van der Waals surface area contributed by atoms with Crippen LogP contribution in [0.4, 0.5) is 5.13 Å². The fraction of sp³-hybridized carbons (Fsp3) is 0.643. The summed E-state index contributed by atoms with van der Waals surface area (Å²) in [5, 5.41) is 14.7. The van der Waals surface area contributed by atoms with Crippen LogP contribution >= 0.6 is 11.3 Å². The Morgan fingerprint density at radius 1 is 1.35 bits per heavy atom. The molecule has 0 radical (unpaired) electrons. The number of carbonyl (C=O) groups is 2. The van der Waals surface area contributed by atoms with Gasteiger partial charge in [0.1, 0.15) is 0 Å². The number of carbonyl (C=O) groups excluding carboxylic acids is 1. The number of rotatable bonds is 4. The summed E-state index contributed by atoms with van der Waals surface area (Å²) >= 11 is 1.36. The van der Waals surface area contributed by atoms with Crippen molar-refractivity contribution in [3.05, 3.63) is 11.1 Å². The molecule has 1 heterocycles. The Morgan fingerprint density at radius 3 is 2.50 bits per heavy atom. The number of aliphatic carboxylic acids is 1. The van der Waals surface area contributed by atoms with E-state index in [9.17, 15) is 14.7 Å². The van der Waals surface area contributed by atoms with Crippen molar-refractivity contribution < 1.29 is 14.7 Å². The average molecular weight is 296 g/mol. The molecule has 0 atom stereocenters. The summed E-state index contributed by atoms with van der Waals surface area (Å²) < 4.78 is 0. The lowest BCUT2D eigenvalue weighted by atomic mass is 9.77. The van der Waals surface area contributed by atoms with E-state index < -0.39 is 11.4 Å². The van der Waals surface area contributed by atoms with Crippen LogP contribution in [-0.4, -0.2) is 22.0 Å². The molecule has 110 valence electrons. The van der Waals surface area contributed by atoms with Crippen molar-refractivity contribution in [3.8, 4) is 0 Å². The van der Waals surface area contributed by atoms with Gasteiger partial charge in [0.25, 0.3) is 0 Å². The van der Waals surface area contributed by atoms with Gasteiger partial charge in [0.15, 0.2) is 5.13 Å². The maximum atomic E-state index is 12.1. The van der Waals surface area contributed by atoms with Gasteiger partial charge in [0.05, 0.1) is 11.1 Å². The van der Waals surface area contributed by atoms with Gasteiger partial charge in [-0.15, -0.1) is 11.3 Å². The molecule has 1 amide bonds. The number of aryl methyl sites for hydroxylation is 1. The maximum Gasteiger partial charge on any atom is 0.310 e. The van der Waals surface area contributed by atoms with Crippen LogP contribution in [0, 0.1) is 12.3 Å². The number of carboxylic acid groups (broad SMARTS) is 1. The van der Waals surface area contributed by atoms with E-state index in [0.29, 0.717) is 18.0 Å². The van der Waals surface area contributed by atoms with Gasteiger partial charge >= 0.3 is 5.97 Å². The monoisotopic (exact) mass is 296 g/mol. The molecule has 1 aromatic heterocycles. The van der Waals surface area contributed by atoms with Crippen LogP contribution in [0.1, 0.15) is 50.6 Å². The zero-order valence-corrected chi connectivity index (χ0v) is 12.5. The molecular formula is C14H20N2O3S. The molecule has 1 fully saturated rings.